The van der Waals surface area contributed by atoms with Crippen LogP contribution in [0, 0.1) is 5.41 Å². The molecule has 37 heavy (non-hydrogen) atoms. The number of benzene rings is 2. The fourth-order valence-corrected chi connectivity index (χ4v) is 5.30. The first-order valence-electron chi connectivity index (χ1n) is 12.6. The van der Waals surface area contributed by atoms with E-state index < -0.39 is 5.54 Å². The van der Waals surface area contributed by atoms with Crippen LogP contribution in [0.4, 0.5) is 5.69 Å². The molecule has 1 saturated carbocycles. The Bertz CT molecular complexity index is 1260. The molecule has 0 radical (unpaired) electrons. The van der Waals surface area contributed by atoms with Gasteiger partial charge >= 0.3 is 5.97 Å². The average Bonchev–Trinajstić information content (AvgIpc) is 3.51. The van der Waals surface area contributed by atoms with Crippen LogP contribution in [0.2, 0.25) is 10.0 Å². The Kier molecular flexibility index (Phi) is 8.24. The smallest absolute Gasteiger partial charge is 0.338 e. The number of anilines is 1. The highest BCUT2D eigenvalue weighted by Gasteiger charge is 2.42. The van der Waals surface area contributed by atoms with E-state index in [1.165, 1.54) is 0 Å². The Balaban J connectivity index is 1.67. The van der Waals surface area contributed by atoms with Gasteiger partial charge < -0.3 is 10.1 Å². The molecule has 1 aliphatic carbocycles. The Morgan fingerprint density at radius 1 is 1.16 bits per heavy atom. The van der Waals surface area contributed by atoms with Gasteiger partial charge in [0.15, 0.2) is 5.82 Å². The number of allylic oxidation sites excluding steroid dienone is 1. The maximum atomic E-state index is 12.1. The molecule has 2 aromatic carbocycles. The number of tetrazole rings is 1. The van der Waals surface area contributed by atoms with Crippen LogP contribution < -0.4 is 5.32 Å². The number of hydrogen-bond acceptors (Lipinski definition) is 6. The van der Waals surface area contributed by atoms with Gasteiger partial charge in [-0.25, -0.2) is 9.48 Å². The summed E-state index contributed by atoms with van der Waals surface area (Å²) in [6.45, 7) is 8.64. The molecule has 7 nitrogen and oxygen atoms in total. The summed E-state index contributed by atoms with van der Waals surface area (Å²) in [7, 11) is 0. The number of ether oxygens (including phenoxy) is 1. The Morgan fingerprint density at radius 3 is 2.49 bits per heavy atom. The van der Waals surface area contributed by atoms with Gasteiger partial charge in [0, 0.05) is 15.7 Å². The number of hydrogen-bond donors (Lipinski definition) is 1. The van der Waals surface area contributed by atoms with Crippen LogP contribution >= 0.6 is 23.2 Å². The maximum absolute atomic E-state index is 12.1. The number of rotatable bonds is 8. The monoisotopic (exact) mass is 541 g/mol. The van der Waals surface area contributed by atoms with Gasteiger partial charge in [-0.2, -0.15) is 0 Å². The van der Waals surface area contributed by atoms with Crippen LogP contribution in [0.5, 0.6) is 0 Å². The lowest BCUT2D eigenvalue weighted by molar-refractivity contribution is 0.0526. The molecule has 0 bridgehead atoms. The van der Waals surface area contributed by atoms with Crippen molar-refractivity contribution >= 4 is 40.9 Å². The molecule has 1 aliphatic rings. The highest BCUT2D eigenvalue weighted by Crippen LogP contribution is 2.43. The van der Waals surface area contributed by atoms with Gasteiger partial charge in [0.1, 0.15) is 0 Å². The molecule has 1 aromatic heterocycles. The molecule has 0 saturated heterocycles. The summed E-state index contributed by atoms with van der Waals surface area (Å²) in [5.74, 6) is 0.473. The van der Waals surface area contributed by atoms with Gasteiger partial charge in [-0.1, -0.05) is 75.0 Å². The van der Waals surface area contributed by atoms with Crippen LogP contribution in [0.1, 0.15) is 81.2 Å². The number of carbonyl (C=O) groups is 1. The second-order valence-corrected chi connectivity index (χ2v) is 11.3. The van der Waals surface area contributed by atoms with E-state index in [0.717, 1.165) is 42.8 Å². The number of nitrogens with zero attached hydrogens (tertiary/aromatic N) is 4. The van der Waals surface area contributed by atoms with Gasteiger partial charge in [-0.3, -0.25) is 0 Å². The second-order valence-electron chi connectivity index (χ2n) is 10.5. The molecule has 0 spiro atoms. The minimum absolute atomic E-state index is 0.130. The molecule has 1 fully saturated rings. The van der Waals surface area contributed by atoms with Gasteiger partial charge in [-0.15, -0.1) is 5.10 Å². The van der Waals surface area contributed by atoms with Crippen LogP contribution in [-0.4, -0.2) is 32.8 Å². The zero-order chi connectivity index (χ0) is 26.6. The van der Waals surface area contributed by atoms with E-state index in [0.29, 0.717) is 22.2 Å². The third-order valence-electron chi connectivity index (χ3n) is 6.73. The normalized spacial score (nSPS) is 16.2. The minimum atomic E-state index is -0.426. The first-order chi connectivity index (χ1) is 17.6. The molecule has 1 N–H and O–H groups in total. The highest BCUT2D eigenvalue weighted by atomic mass is 35.5. The van der Waals surface area contributed by atoms with Crippen molar-refractivity contribution in [2.75, 3.05) is 11.9 Å². The first kappa shape index (κ1) is 27.1. The van der Waals surface area contributed by atoms with Crippen LogP contribution in [0.25, 0.3) is 6.08 Å². The molecule has 3 aromatic rings. The molecular formula is C28H33Cl2N5O2. The van der Waals surface area contributed by atoms with E-state index in [9.17, 15) is 4.79 Å². The van der Waals surface area contributed by atoms with Crippen LogP contribution in [0.3, 0.4) is 0 Å². The summed E-state index contributed by atoms with van der Waals surface area (Å²) in [5.41, 5.74) is 1.70. The summed E-state index contributed by atoms with van der Waals surface area (Å²) < 4.78 is 7.05. The second kappa shape index (κ2) is 11.2. The van der Waals surface area contributed by atoms with Crippen molar-refractivity contribution in [3.05, 3.63) is 75.5 Å². The minimum Gasteiger partial charge on any atom is -0.462 e. The summed E-state index contributed by atoms with van der Waals surface area (Å²) in [6, 6.07) is 12.7. The fraction of sp³-hybridized carbons (Fsp3) is 0.429. The van der Waals surface area contributed by atoms with Crippen LogP contribution in [0.15, 0.2) is 48.5 Å². The highest BCUT2D eigenvalue weighted by molar-refractivity contribution is 6.35. The molecule has 0 aliphatic heterocycles. The standard InChI is InChI=1S/C28H33Cl2N5O2/c1-5-37-25(36)20-9-13-22(14-10-20)31-28(16-6-7-17-28)26-32-33-34-35(26)24(27(2,3)4)15-11-19-8-12-21(29)18-23(19)30/h8-15,18,24,31H,5-7,16-17H2,1-4H3/b15-11+. The summed E-state index contributed by atoms with van der Waals surface area (Å²) in [5, 5.41) is 18.0. The molecule has 1 heterocycles. The maximum Gasteiger partial charge on any atom is 0.338 e. The predicted molar refractivity (Wildman–Crippen MR) is 148 cm³/mol. The van der Waals surface area contributed by atoms with E-state index in [-0.39, 0.29) is 17.4 Å². The zero-order valence-corrected chi connectivity index (χ0v) is 23.2. The molecule has 1 unspecified atom stereocenters. The number of carbonyl (C=O) groups excluding carboxylic acids is 1. The van der Waals surface area contributed by atoms with Crippen molar-refractivity contribution < 1.29 is 9.53 Å². The third-order valence-corrected chi connectivity index (χ3v) is 7.29. The largest absolute Gasteiger partial charge is 0.462 e. The predicted octanol–water partition coefficient (Wildman–Crippen LogP) is 7.34. The molecule has 0 amide bonds. The van der Waals surface area contributed by atoms with Gasteiger partial charge in [0.2, 0.25) is 0 Å². The SMILES string of the molecule is CCOC(=O)c1ccc(NC2(c3nnnn3C(/C=C/c3ccc(Cl)cc3Cl)C(C)(C)C)CCCC2)cc1. The van der Waals surface area contributed by atoms with Crippen molar-refractivity contribution in [2.45, 2.75) is 65.0 Å². The first-order valence-corrected chi connectivity index (χ1v) is 13.4. The number of halogens is 2. The summed E-state index contributed by atoms with van der Waals surface area (Å²) in [6.07, 6.45) is 8.04. The van der Waals surface area contributed by atoms with Gasteiger partial charge in [-0.05, 0) is 77.6 Å². The van der Waals surface area contributed by atoms with E-state index >= 15 is 0 Å². The molecule has 4 rings (SSSR count). The van der Waals surface area contributed by atoms with Crippen molar-refractivity contribution in [3.63, 3.8) is 0 Å². The van der Waals surface area contributed by atoms with Gasteiger partial charge in [0.05, 0.1) is 23.8 Å². The van der Waals surface area contributed by atoms with E-state index in [4.69, 9.17) is 27.9 Å². The van der Waals surface area contributed by atoms with Crippen molar-refractivity contribution in [1.29, 1.82) is 0 Å². The quantitative estimate of drug-likeness (QED) is 0.300. The Morgan fingerprint density at radius 2 is 1.86 bits per heavy atom. The number of nitrogens with one attached hydrogen (secondary N) is 1. The summed E-state index contributed by atoms with van der Waals surface area (Å²) >= 11 is 12.5. The molecule has 1 atom stereocenters. The van der Waals surface area contributed by atoms with Crippen LogP contribution in [-0.2, 0) is 10.3 Å². The molecule has 9 heteroatoms. The third kappa shape index (κ3) is 6.16. The van der Waals surface area contributed by atoms with Gasteiger partial charge in [0.25, 0.3) is 0 Å². The molecule has 196 valence electrons. The van der Waals surface area contributed by atoms with Crippen molar-refractivity contribution in [3.8, 4) is 0 Å². The number of aromatic nitrogens is 4. The number of esters is 1. The lowest BCUT2D eigenvalue weighted by Gasteiger charge is -2.35. The summed E-state index contributed by atoms with van der Waals surface area (Å²) in [4.78, 5) is 12.1. The topological polar surface area (TPSA) is 81.9 Å². The fourth-order valence-electron chi connectivity index (χ4n) is 4.83. The lowest BCUT2D eigenvalue weighted by atomic mass is 9.85. The lowest BCUT2D eigenvalue weighted by Crippen LogP contribution is -2.38. The Hall–Kier alpha value is -2.90. The molecular weight excluding hydrogens is 509 g/mol. The van der Waals surface area contributed by atoms with Crippen molar-refractivity contribution in [1.82, 2.24) is 20.2 Å². The van der Waals surface area contributed by atoms with E-state index in [1.807, 2.05) is 35.0 Å². The Labute approximate surface area is 228 Å². The van der Waals surface area contributed by atoms with Crippen molar-refractivity contribution in [2.24, 2.45) is 5.41 Å². The van der Waals surface area contributed by atoms with E-state index in [1.54, 1.807) is 25.1 Å². The average molecular weight is 543 g/mol. The van der Waals surface area contributed by atoms with E-state index in [2.05, 4.69) is 47.7 Å². The zero-order valence-electron chi connectivity index (χ0n) is 21.7.